The number of nitrogens with one attached hydrogen (secondary N) is 2. The quantitative estimate of drug-likeness (QED) is 0.859. The molecule has 1 aromatic carbocycles. The van der Waals surface area contributed by atoms with Crippen molar-refractivity contribution in [2.45, 2.75) is 19.6 Å². The van der Waals surface area contributed by atoms with Crippen molar-refractivity contribution in [3.8, 4) is 0 Å². The van der Waals surface area contributed by atoms with E-state index in [0.29, 0.717) is 0 Å². The molecular formula is C13H17ClN2O. The summed E-state index contributed by atoms with van der Waals surface area (Å²) in [5, 5.41) is 5.34. The van der Waals surface area contributed by atoms with E-state index >= 15 is 0 Å². The SMILES string of the molecule is COC(C)CNCc1c[nH]c2cc(Cl)ccc12. The predicted molar refractivity (Wildman–Crippen MR) is 71.5 cm³/mol. The largest absolute Gasteiger partial charge is 0.380 e. The molecule has 92 valence electrons. The highest BCUT2D eigenvalue weighted by molar-refractivity contribution is 6.31. The molecule has 0 saturated heterocycles. The molecule has 1 heterocycles. The van der Waals surface area contributed by atoms with E-state index in [1.807, 2.05) is 31.3 Å². The van der Waals surface area contributed by atoms with E-state index in [4.69, 9.17) is 16.3 Å². The Kier molecular flexibility index (Phi) is 4.05. The van der Waals surface area contributed by atoms with E-state index in [2.05, 4.69) is 10.3 Å². The van der Waals surface area contributed by atoms with Gasteiger partial charge in [-0.3, -0.25) is 0 Å². The summed E-state index contributed by atoms with van der Waals surface area (Å²) in [6.07, 6.45) is 2.25. The molecule has 2 rings (SSSR count). The first-order chi connectivity index (χ1) is 8.20. The van der Waals surface area contributed by atoms with Crippen molar-refractivity contribution in [3.63, 3.8) is 0 Å². The topological polar surface area (TPSA) is 37.0 Å². The zero-order valence-electron chi connectivity index (χ0n) is 10.1. The van der Waals surface area contributed by atoms with Gasteiger partial charge in [-0.2, -0.15) is 0 Å². The molecule has 2 N–H and O–H groups in total. The lowest BCUT2D eigenvalue weighted by Gasteiger charge is -2.10. The maximum absolute atomic E-state index is 5.94. The molecule has 1 atom stereocenters. The van der Waals surface area contributed by atoms with Gasteiger partial charge in [0.05, 0.1) is 6.10 Å². The first-order valence-corrected chi connectivity index (χ1v) is 6.07. The molecule has 0 amide bonds. The van der Waals surface area contributed by atoms with E-state index in [1.165, 1.54) is 10.9 Å². The normalized spacial score (nSPS) is 13.1. The summed E-state index contributed by atoms with van der Waals surface area (Å²) in [5.74, 6) is 0. The van der Waals surface area contributed by atoms with Crippen molar-refractivity contribution >= 4 is 22.5 Å². The van der Waals surface area contributed by atoms with Crippen LogP contribution in [0.3, 0.4) is 0 Å². The Morgan fingerprint density at radius 3 is 3.06 bits per heavy atom. The van der Waals surface area contributed by atoms with Gasteiger partial charge in [-0.25, -0.2) is 0 Å². The summed E-state index contributed by atoms with van der Waals surface area (Å²) >= 11 is 5.94. The lowest BCUT2D eigenvalue weighted by atomic mass is 10.2. The van der Waals surface area contributed by atoms with Crippen LogP contribution < -0.4 is 5.32 Å². The van der Waals surface area contributed by atoms with Gasteiger partial charge in [0.25, 0.3) is 0 Å². The zero-order valence-corrected chi connectivity index (χ0v) is 10.8. The summed E-state index contributed by atoms with van der Waals surface area (Å²) in [7, 11) is 1.72. The van der Waals surface area contributed by atoms with Crippen LogP contribution in [0, 0.1) is 0 Å². The Balaban J connectivity index is 2.04. The van der Waals surface area contributed by atoms with E-state index in [9.17, 15) is 0 Å². The second kappa shape index (κ2) is 5.54. The van der Waals surface area contributed by atoms with Crippen molar-refractivity contribution in [3.05, 3.63) is 35.0 Å². The summed E-state index contributed by atoms with van der Waals surface area (Å²) in [4.78, 5) is 3.23. The minimum absolute atomic E-state index is 0.231. The van der Waals surface area contributed by atoms with Crippen LogP contribution in [0.1, 0.15) is 12.5 Å². The molecule has 0 spiro atoms. The second-order valence-corrected chi connectivity index (χ2v) is 4.62. The molecule has 17 heavy (non-hydrogen) atoms. The number of ether oxygens (including phenoxy) is 1. The van der Waals surface area contributed by atoms with E-state index in [-0.39, 0.29) is 6.10 Å². The zero-order chi connectivity index (χ0) is 12.3. The standard InChI is InChI=1S/C13H17ClN2O/c1-9(17-2)6-15-7-10-8-16-13-5-11(14)3-4-12(10)13/h3-5,8-9,15-16H,6-7H2,1-2H3. The van der Waals surface area contributed by atoms with Crippen LogP contribution in [0.15, 0.2) is 24.4 Å². The number of benzene rings is 1. The molecular weight excluding hydrogens is 236 g/mol. The molecule has 0 fully saturated rings. The van der Waals surface area contributed by atoms with Crippen LogP contribution in [0.5, 0.6) is 0 Å². The monoisotopic (exact) mass is 252 g/mol. The fourth-order valence-electron chi connectivity index (χ4n) is 1.80. The maximum Gasteiger partial charge on any atom is 0.0667 e. The molecule has 4 heteroatoms. The number of methoxy groups -OCH3 is 1. The number of hydrogen-bond acceptors (Lipinski definition) is 2. The average Bonchev–Trinajstić information content (AvgIpc) is 2.71. The van der Waals surface area contributed by atoms with Crippen LogP contribution in [-0.4, -0.2) is 24.7 Å². The van der Waals surface area contributed by atoms with Crippen molar-refractivity contribution < 1.29 is 4.74 Å². The van der Waals surface area contributed by atoms with E-state index in [1.54, 1.807) is 7.11 Å². The van der Waals surface area contributed by atoms with Gasteiger partial charge in [-0.15, -0.1) is 0 Å². The molecule has 0 aliphatic carbocycles. The highest BCUT2D eigenvalue weighted by Crippen LogP contribution is 2.21. The van der Waals surface area contributed by atoms with E-state index < -0.39 is 0 Å². The fourth-order valence-corrected chi connectivity index (χ4v) is 1.97. The molecule has 3 nitrogen and oxygen atoms in total. The van der Waals surface area contributed by atoms with Gasteiger partial charge in [-0.1, -0.05) is 17.7 Å². The molecule has 0 aliphatic rings. The number of aromatic amines is 1. The Hall–Kier alpha value is -1.03. The number of hydrogen-bond donors (Lipinski definition) is 2. The maximum atomic E-state index is 5.94. The number of aromatic nitrogens is 1. The third-order valence-corrected chi connectivity index (χ3v) is 3.11. The smallest absolute Gasteiger partial charge is 0.0667 e. The Morgan fingerprint density at radius 2 is 2.29 bits per heavy atom. The van der Waals surface area contributed by atoms with Gasteiger partial charge in [0.2, 0.25) is 0 Å². The highest BCUT2D eigenvalue weighted by Gasteiger charge is 2.04. The Labute approximate surface area is 106 Å². The van der Waals surface area contributed by atoms with Crippen LogP contribution in [0.4, 0.5) is 0 Å². The molecule has 1 unspecified atom stereocenters. The average molecular weight is 253 g/mol. The van der Waals surface area contributed by atoms with Gasteiger partial charge in [-0.05, 0) is 24.6 Å². The molecule has 2 aromatic rings. The van der Waals surface area contributed by atoms with Gasteiger partial charge in [0.1, 0.15) is 0 Å². The minimum Gasteiger partial charge on any atom is -0.380 e. The van der Waals surface area contributed by atoms with Gasteiger partial charge in [0, 0.05) is 42.3 Å². The van der Waals surface area contributed by atoms with Crippen molar-refractivity contribution in [1.82, 2.24) is 10.3 Å². The summed E-state index contributed by atoms with van der Waals surface area (Å²) in [6, 6.07) is 5.90. The summed E-state index contributed by atoms with van der Waals surface area (Å²) < 4.78 is 5.19. The Bertz CT molecular complexity index is 495. The van der Waals surface area contributed by atoms with Crippen molar-refractivity contribution in [2.75, 3.05) is 13.7 Å². The number of H-pyrrole nitrogens is 1. The molecule has 0 aliphatic heterocycles. The number of rotatable bonds is 5. The van der Waals surface area contributed by atoms with Gasteiger partial charge < -0.3 is 15.0 Å². The first kappa shape index (κ1) is 12.4. The fraction of sp³-hybridized carbons (Fsp3) is 0.385. The van der Waals surface area contributed by atoms with Crippen molar-refractivity contribution in [1.29, 1.82) is 0 Å². The third kappa shape index (κ3) is 3.00. The lowest BCUT2D eigenvalue weighted by molar-refractivity contribution is 0.117. The van der Waals surface area contributed by atoms with Gasteiger partial charge >= 0.3 is 0 Å². The van der Waals surface area contributed by atoms with Crippen LogP contribution >= 0.6 is 11.6 Å². The number of fused-ring (bicyclic) bond motifs is 1. The second-order valence-electron chi connectivity index (χ2n) is 4.18. The van der Waals surface area contributed by atoms with Crippen LogP contribution in [0.25, 0.3) is 10.9 Å². The molecule has 0 bridgehead atoms. The van der Waals surface area contributed by atoms with E-state index in [0.717, 1.165) is 23.6 Å². The molecule has 0 radical (unpaired) electrons. The summed E-state index contributed by atoms with van der Waals surface area (Å²) in [6.45, 7) is 3.72. The van der Waals surface area contributed by atoms with Gasteiger partial charge in [0.15, 0.2) is 0 Å². The minimum atomic E-state index is 0.231. The third-order valence-electron chi connectivity index (χ3n) is 2.88. The molecule has 0 saturated carbocycles. The highest BCUT2D eigenvalue weighted by atomic mass is 35.5. The molecule has 1 aromatic heterocycles. The Morgan fingerprint density at radius 1 is 1.47 bits per heavy atom. The summed E-state index contributed by atoms with van der Waals surface area (Å²) in [5.41, 5.74) is 2.33. The first-order valence-electron chi connectivity index (χ1n) is 5.69. The van der Waals surface area contributed by atoms with Crippen molar-refractivity contribution in [2.24, 2.45) is 0 Å². The van der Waals surface area contributed by atoms with Crippen LogP contribution in [0.2, 0.25) is 5.02 Å². The van der Waals surface area contributed by atoms with Crippen LogP contribution in [-0.2, 0) is 11.3 Å². The predicted octanol–water partition coefficient (Wildman–Crippen LogP) is 2.95. The number of halogens is 1. The lowest BCUT2D eigenvalue weighted by Crippen LogP contribution is -2.25.